The van der Waals surface area contributed by atoms with E-state index in [9.17, 15) is 9.18 Å². The molecule has 0 fully saturated rings. The fourth-order valence-electron chi connectivity index (χ4n) is 1.88. The number of benzene rings is 2. The minimum absolute atomic E-state index is 0.266. The number of fused-ring (bicyclic) bond motifs is 1. The molecule has 5 heteroatoms. The van der Waals surface area contributed by atoms with Crippen molar-refractivity contribution in [2.75, 3.05) is 0 Å². The zero-order valence-electron chi connectivity index (χ0n) is 9.72. The molecule has 0 saturated heterocycles. The molecule has 0 atom stereocenters. The first-order valence-electron chi connectivity index (χ1n) is 5.63. The number of para-hydroxylation sites is 1. The number of aromatic hydroxyl groups is 1. The highest BCUT2D eigenvalue weighted by molar-refractivity contribution is 5.79. The van der Waals surface area contributed by atoms with Gasteiger partial charge in [-0.2, -0.15) is 0 Å². The summed E-state index contributed by atoms with van der Waals surface area (Å²) in [6.45, 7) is 0. The van der Waals surface area contributed by atoms with Gasteiger partial charge in [0.2, 0.25) is 0 Å². The van der Waals surface area contributed by atoms with E-state index < -0.39 is 11.6 Å². The molecule has 0 amide bonds. The molecule has 0 aliphatic carbocycles. The number of aromatic amines is 1. The van der Waals surface area contributed by atoms with Crippen LogP contribution in [0.5, 0.6) is 5.75 Å². The lowest BCUT2D eigenvalue weighted by molar-refractivity contribution is 0.432. The standard InChI is InChI=1S/C14H9FN2O2/c15-10-7-8(5-6-12(10)18)13-16-11-4-2-1-3-9(11)14(19)17-13/h1-7,18H,(H,16,17,19). The lowest BCUT2D eigenvalue weighted by atomic mass is 10.2. The Morgan fingerprint density at radius 1 is 1.16 bits per heavy atom. The Bertz CT molecular complexity index is 827. The number of halogens is 1. The van der Waals surface area contributed by atoms with Gasteiger partial charge in [0.25, 0.3) is 5.56 Å². The van der Waals surface area contributed by atoms with Crippen LogP contribution in [0.25, 0.3) is 22.3 Å². The van der Waals surface area contributed by atoms with Gasteiger partial charge in [0.15, 0.2) is 11.6 Å². The largest absolute Gasteiger partial charge is 0.505 e. The van der Waals surface area contributed by atoms with Crippen molar-refractivity contribution in [1.82, 2.24) is 9.97 Å². The van der Waals surface area contributed by atoms with Crippen LogP contribution in [0.15, 0.2) is 47.3 Å². The normalized spacial score (nSPS) is 10.8. The second-order valence-electron chi connectivity index (χ2n) is 4.10. The van der Waals surface area contributed by atoms with E-state index in [1.165, 1.54) is 12.1 Å². The average Bonchev–Trinajstić information content (AvgIpc) is 2.42. The van der Waals surface area contributed by atoms with Crippen molar-refractivity contribution in [3.8, 4) is 17.1 Å². The van der Waals surface area contributed by atoms with Crippen LogP contribution in [0, 0.1) is 5.82 Å². The zero-order chi connectivity index (χ0) is 13.4. The van der Waals surface area contributed by atoms with Crippen LogP contribution in [0.2, 0.25) is 0 Å². The molecule has 1 aromatic heterocycles. The van der Waals surface area contributed by atoms with Gasteiger partial charge >= 0.3 is 0 Å². The number of rotatable bonds is 1. The third kappa shape index (κ3) is 1.95. The van der Waals surface area contributed by atoms with Crippen LogP contribution in [0.1, 0.15) is 0 Å². The molecule has 0 aliphatic rings. The molecular formula is C14H9FN2O2. The first kappa shape index (κ1) is 11.4. The van der Waals surface area contributed by atoms with Gasteiger partial charge in [-0.15, -0.1) is 0 Å². The van der Waals surface area contributed by atoms with E-state index in [4.69, 9.17) is 5.11 Å². The predicted octanol–water partition coefficient (Wildman–Crippen LogP) is 2.43. The highest BCUT2D eigenvalue weighted by Crippen LogP contribution is 2.22. The average molecular weight is 256 g/mol. The van der Waals surface area contributed by atoms with Crippen LogP contribution in [-0.4, -0.2) is 15.1 Å². The maximum atomic E-state index is 13.3. The predicted molar refractivity (Wildman–Crippen MR) is 69.4 cm³/mol. The molecule has 19 heavy (non-hydrogen) atoms. The van der Waals surface area contributed by atoms with Crippen LogP contribution in [0.4, 0.5) is 4.39 Å². The fourth-order valence-corrected chi connectivity index (χ4v) is 1.88. The molecule has 1 heterocycles. The van der Waals surface area contributed by atoms with Gasteiger partial charge in [-0.25, -0.2) is 9.37 Å². The first-order chi connectivity index (χ1) is 9.15. The number of nitrogens with zero attached hydrogens (tertiary/aromatic N) is 1. The summed E-state index contributed by atoms with van der Waals surface area (Å²) >= 11 is 0. The van der Waals surface area contributed by atoms with Gasteiger partial charge in [0, 0.05) is 5.56 Å². The third-order valence-electron chi connectivity index (χ3n) is 2.83. The molecular weight excluding hydrogens is 247 g/mol. The van der Waals surface area contributed by atoms with Gasteiger partial charge < -0.3 is 10.1 Å². The van der Waals surface area contributed by atoms with E-state index in [0.717, 1.165) is 6.07 Å². The summed E-state index contributed by atoms with van der Waals surface area (Å²) in [6.07, 6.45) is 0. The van der Waals surface area contributed by atoms with E-state index in [2.05, 4.69) is 9.97 Å². The molecule has 94 valence electrons. The molecule has 3 aromatic rings. The topological polar surface area (TPSA) is 66.0 Å². The third-order valence-corrected chi connectivity index (χ3v) is 2.83. The van der Waals surface area contributed by atoms with Crippen molar-refractivity contribution in [1.29, 1.82) is 0 Å². The van der Waals surface area contributed by atoms with Crippen molar-refractivity contribution in [2.45, 2.75) is 0 Å². The maximum absolute atomic E-state index is 13.3. The first-order valence-corrected chi connectivity index (χ1v) is 5.63. The Hall–Kier alpha value is -2.69. The number of phenols is 1. The molecule has 0 unspecified atom stereocenters. The molecule has 0 bridgehead atoms. The molecule has 2 aromatic carbocycles. The minimum Gasteiger partial charge on any atom is -0.505 e. The van der Waals surface area contributed by atoms with Gasteiger partial charge in [0.05, 0.1) is 10.9 Å². The summed E-state index contributed by atoms with van der Waals surface area (Å²) in [5.74, 6) is -0.928. The highest BCUT2D eigenvalue weighted by atomic mass is 19.1. The molecule has 4 nitrogen and oxygen atoms in total. The van der Waals surface area contributed by atoms with Crippen molar-refractivity contribution in [2.24, 2.45) is 0 Å². The number of nitrogens with one attached hydrogen (secondary N) is 1. The summed E-state index contributed by atoms with van der Waals surface area (Å²) < 4.78 is 13.3. The lowest BCUT2D eigenvalue weighted by Crippen LogP contribution is -2.09. The highest BCUT2D eigenvalue weighted by Gasteiger charge is 2.08. The number of phenolic OH excluding ortho intramolecular Hbond substituents is 1. The van der Waals surface area contributed by atoms with Crippen LogP contribution in [0.3, 0.4) is 0 Å². The van der Waals surface area contributed by atoms with E-state index >= 15 is 0 Å². The second kappa shape index (κ2) is 4.20. The zero-order valence-corrected chi connectivity index (χ0v) is 9.72. The van der Waals surface area contributed by atoms with Crippen molar-refractivity contribution >= 4 is 10.9 Å². The SMILES string of the molecule is O=c1[nH]c(-c2ccc(O)c(F)c2)nc2ccccc12. The fraction of sp³-hybridized carbons (Fsp3) is 0. The smallest absolute Gasteiger partial charge is 0.259 e. The quantitative estimate of drug-likeness (QED) is 0.702. The molecule has 3 rings (SSSR count). The summed E-state index contributed by atoms with van der Waals surface area (Å²) in [5, 5.41) is 9.63. The van der Waals surface area contributed by atoms with Crippen LogP contribution >= 0.6 is 0 Å². The Labute approximate surface area is 107 Å². The van der Waals surface area contributed by atoms with Gasteiger partial charge in [-0.3, -0.25) is 4.79 Å². The molecule has 0 spiro atoms. The molecule has 0 saturated carbocycles. The van der Waals surface area contributed by atoms with Gasteiger partial charge in [-0.05, 0) is 30.3 Å². The Kier molecular flexibility index (Phi) is 2.52. The van der Waals surface area contributed by atoms with Crippen LogP contribution in [-0.2, 0) is 0 Å². The summed E-state index contributed by atoms with van der Waals surface area (Å²) in [5.41, 5.74) is 0.655. The summed E-state index contributed by atoms with van der Waals surface area (Å²) in [6, 6.07) is 10.7. The second-order valence-corrected chi connectivity index (χ2v) is 4.10. The van der Waals surface area contributed by atoms with E-state index in [1.807, 2.05) is 0 Å². The number of hydrogen-bond donors (Lipinski definition) is 2. The Morgan fingerprint density at radius 2 is 1.95 bits per heavy atom. The maximum Gasteiger partial charge on any atom is 0.259 e. The summed E-state index contributed by atoms with van der Waals surface area (Å²) in [4.78, 5) is 18.8. The van der Waals surface area contributed by atoms with Crippen molar-refractivity contribution in [3.63, 3.8) is 0 Å². The minimum atomic E-state index is -0.756. The van der Waals surface area contributed by atoms with E-state index in [1.54, 1.807) is 24.3 Å². The Morgan fingerprint density at radius 3 is 2.74 bits per heavy atom. The lowest BCUT2D eigenvalue weighted by Gasteiger charge is -2.04. The van der Waals surface area contributed by atoms with Gasteiger partial charge in [0.1, 0.15) is 5.82 Å². The molecule has 0 aliphatic heterocycles. The molecule has 2 N–H and O–H groups in total. The Balaban J connectivity index is 2.25. The number of H-pyrrole nitrogens is 1. The van der Waals surface area contributed by atoms with Crippen LogP contribution < -0.4 is 5.56 Å². The molecule has 0 radical (unpaired) electrons. The van der Waals surface area contributed by atoms with Gasteiger partial charge in [-0.1, -0.05) is 12.1 Å². The summed E-state index contributed by atoms with van der Waals surface area (Å²) in [7, 11) is 0. The van der Waals surface area contributed by atoms with E-state index in [0.29, 0.717) is 16.5 Å². The van der Waals surface area contributed by atoms with Crippen molar-refractivity contribution < 1.29 is 9.50 Å². The van der Waals surface area contributed by atoms with E-state index in [-0.39, 0.29) is 11.4 Å². The monoisotopic (exact) mass is 256 g/mol. The van der Waals surface area contributed by atoms with Crippen molar-refractivity contribution in [3.05, 3.63) is 58.6 Å². The number of aromatic nitrogens is 2. The number of hydrogen-bond acceptors (Lipinski definition) is 3.